The standard InChI is InChI=1S/C24H25N3O5S/c1-16-8-10-20(12-17(16)2)33(29,30)27-26-14-18-9-11-22(31-3)19(13-18)15-32-23-7-5-4-6-21(23)24(25)28/h4-14,27H,15H2,1-3H3,(H2,25,28)/b26-14-. The number of hydrogen-bond donors (Lipinski definition) is 2. The van der Waals surface area contributed by atoms with E-state index in [4.69, 9.17) is 15.2 Å². The van der Waals surface area contributed by atoms with Crippen LogP contribution in [0.4, 0.5) is 0 Å². The number of carbonyl (C=O) groups is 1. The zero-order chi connectivity index (χ0) is 24.0. The molecule has 0 saturated carbocycles. The molecule has 0 bridgehead atoms. The molecule has 0 aromatic heterocycles. The Morgan fingerprint density at radius 1 is 1.03 bits per heavy atom. The van der Waals surface area contributed by atoms with Crippen molar-refractivity contribution in [3.05, 3.63) is 88.5 Å². The summed E-state index contributed by atoms with van der Waals surface area (Å²) >= 11 is 0. The van der Waals surface area contributed by atoms with Crippen molar-refractivity contribution in [2.45, 2.75) is 25.3 Å². The fourth-order valence-corrected chi connectivity index (χ4v) is 3.92. The highest BCUT2D eigenvalue weighted by Crippen LogP contribution is 2.24. The van der Waals surface area contributed by atoms with Gasteiger partial charge in [-0.1, -0.05) is 18.2 Å². The molecule has 1 amide bonds. The smallest absolute Gasteiger partial charge is 0.276 e. The fourth-order valence-electron chi connectivity index (χ4n) is 3.05. The van der Waals surface area contributed by atoms with Gasteiger partial charge in [0.15, 0.2) is 0 Å². The Balaban J connectivity index is 1.76. The van der Waals surface area contributed by atoms with Crippen LogP contribution in [0, 0.1) is 13.8 Å². The third-order valence-electron chi connectivity index (χ3n) is 5.02. The van der Waals surface area contributed by atoms with Gasteiger partial charge in [0.2, 0.25) is 0 Å². The summed E-state index contributed by atoms with van der Waals surface area (Å²) in [7, 11) is -2.26. The van der Waals surface area contributed by atoms with Crippen molar-refractivity contribution in [3.63, 3.8) is 0 Å². The van der Waals surface area contributed by atoms with Crippen molar-refractivity contribution in [2.75, 3.05) is 7.11 Å². The lowest BCUT2D eigenvalue weighted by Gasteiger charge is -2.13. The van der Waals surface area contributed by atoms with Crippen LogP contribution in [0.3, 0.4) is 0 Å². The molecule has 9 heteroatoms. The Morgan fingerprint density at radius 2 is 1.79 bits per heavy atom. The van der Waals surface area contributed by atoms with Crippen LogP contribution in [0.15, 0.2) is 70.7 Å². The minimum atomic E-state index is -3.79. The van der Waals surface area contributed by atoms with Gasteiger partial charge in [0.05, 0.1) is 23.8 Å². The zero-order valence-corrected chi connectivity index (χ0v) is 19.3. The quantitative estimate of drug-likeness (QED) is 0.370. The SMILES string of the molecule is COc1ccc(/C=N\NS(=O)(=O)c2ccc(C)c(C)c2)cc1COc1ccccc1C(N)=O. The maximum absolute atomic E-state index is 12.5. The molecule has 0 radical (unpaired) electrons. The van der Waals surface area contributed by atoms with Gasteiger partial charge in [-0.15, -0.1) is 0 Å². The summed E-state index contributed by atoms with van der Waals surface area (Å²) in [6.45, 7) is 3.86. The average molecular weight is 468 g/mol. The molecule has 0 spiro atoms. The number of hydrazone groups is 1. The average Bonchev–Trinajstić information content (AvgIpc) is 2.79. The molecule has 3 aromatic carbocycles. The lowest BCUT2D eigenvalue weighted by molar-refractivity contribution is 0.0996. The normalized spacial score (nSPS) is 11.4. The van der Waals surface area contributed by atoms with E-state index in [1.54, 1.807) is 54.6 Å². The maximum Gasteiger partial charge on any atom is 0.276 e. The number of primary amides is 1. The van der Waals surface area contributed by atoms with E-state index in [9.17, 15) is 13.2 Å². The predicted octanol–water partition coefficient (Wildman–Crippen LogP) is 3.30. The molecule has 0 aliphatic carbocycles. The van der Waals surface area contributed by atoms with Crippen molar-refractivity contribution in [1.29, 1.82) is 0 Å². The summed E-state index contributed by atoms with van der Waals surface area (Å²) < 4.78 is 36.2. The predicted molar refractivity (Wildman–Crippen MR) is 126 cm³/mol. The molecule has 3 rings (SSSR count). The van der Waals surface area contributed by atoms with E-state index in [-0.39, 0.29) is 17.1 Å². The van der Waals surface area contributed by atoms with Crippen LogP contribution in [-0.4, -0.2) is 27.6 Å². The van der Waals surface area contributed by atoms with E-state index in [0.717, 1.165) is 11.1 Å². The number of nitrogens with zero attached hydrogens (tertiary/aromatic N) is 1. The number of rotatable bonds is 9. The Bertz CT molecular complexity index is 1300. The van der Waals surface area contributed by atoms with Crippen LogP contribution >= 0.6 is 0 Å². The first-order valence-corrected chi connectivity index (χ1v) is 11.5. The number of sulfonamides is 1. The first-order valence-electron chi connectivity index (χ1n) is 10.0. The molecule has 0 aliphatic heterocycles. The van der Waals surface area contributed by atoms with Crippen LogP contribution in [-0.2, 0) is 16.6 Å². The largest absolute Gasteiger partial charge is 0.496 e. The van der Waals surface area contributed by atoms with Gasteiger partial charge in [0, 0.05) is 5.56 Å². The van der Waals surface area contributed by atoms with Crippen molar-refractivity contribution < 1.29 is 22.7 Å². The molecular formula is C24H25N3O5S. The second kappa shape index (κ2) is 10.2. The Morgan fingerprint density at radius 3 is 2.48 bits per heavy atom. The third kappa shape index (κ3) is 5.89. The molecule has 0 aliphatic rings. The number of benzene rings is 3. The van der Waals surface area contributed by atoms with Crippen molar-refractivity contribution in [2.24, 2.45) is 10.8 Å². The molecule has 0 fully saturated rings. The molecule has 33 heavy (non-hydrogen) atoms. The van der Waals surface area contributed by atoms with E-state index in [1.807, 2.05) is 13.8 Å². The minimum absolute atomic E-state index is 0.101. The number of methoxy groups -OCH3 is 1. The number of nitrogens with one attached hydrogen (secondary N) is 1. The Kier molecular flexibility index (Phi) is 7.34. The number of nitrogens with two attached hydrogens (primary N) is 1. The van der Waals surface area contributed by atoms with Crippen molar-refractivity contribution in [1.82, 2.24) is 4.83 Å². The summed E-state index contributed by atoms with van der Waals surface area (Å²) in [6, 6.07) is 16.8. The van der Waals surface area contributed by atoms with Gasteiger partial charge in [-0.2, -0.15) is 13.5 Å². The van der Waals surface area contributed by atoms with Gasteiger partial charge in [-0.25, -0.2) is 4.83 Å². The number of aryl methyl sites for hydroxylation is 2. The van der Waals surface area contributed by atoms with E-state index < -0.39 is 15.9 Å². The molecule has 0 saturated heterocycles. The van der Waals surface area contributed by atoms with Crippen LogP contribution in [0.1, 0.15) is 32.6 Å². The number of amides is 1. The molecular weight excluding hydrogens is 442 g/mol. The van der Waals surface area contributed by atoms with Crippen LogP contribution < -0.4 is 20.0 Å². The number of ether oxygens (including phenoxy) is 2. The van der Waals surface area contributed by atoms with Crippen molar-refractivity contribution >= 4 is 22.1 Å². The zero-order valence-electron chi connectivity index (χ0n) is 18.5. The molecule has 0 unspecified atom stereocenters. The number of para-hydroxylation sites is 1. The Hall–Kier alpha value is -3.85. The lowest BCUT2D eigenvalue weighted by atomic mass is 10.1. The van der Waals surface area contributed by atoms with E-state index >= 15 is 0 Å². The minimum Gasteiger partial charge on any atom is -0.496 e. The summed E-state index contributed by atoms with van der Waals surface area (Å²) in [4.78, 5) is 14.0. The summed E-state index contributed by atoms with van der Waals surface area (Å²) in [5.41, 5.74) is 8.85. The van der Waals surface area contributed by atoms with Crippen LogP contribution in [0.25, 0.3) is 0 Å². The van der Waals surface area contributed by atoms with Gasteiger partial charge < -0.3 is 15.2 Å². The summed E-state index contributed by atoms with van der Waals surface area (Å²) in [5, 5.41) is 3.89. The van der Waals surface area contributed by atoms with Gasteiger partial charge in [-0.3, -0.25) is 4.79 Å². The van der Waals surface area contributed by atoms with Crippen LogP contribution in [0.2, 0.25) is 0 Å². The summed E-state index contributed by atoms with van der Waals surface area (Å²) in [5.74, 6) is 0.334. The number of hydrogen-bond acceptors (Lipinski definition) is 6. The Labute approximate surface area is 193 Å². The van der Waals surface area contributed by atoms with Crippen LogP contribution in [0.5, 0.6) is 11.5 Å². The molecule has 3 N–H and O–H groups in total. The topological polar surface area (TPSA) is 120 Å². The monoisotopic (exact) mass is 467 g/mol. The van der Waals surface area contributed by atoms with Gasteiger partial charge >= 0.3 is 0 Å². The third-order valence-corrected chi connectivity index (χ3v) is 6.24. The highest BCUT2D eigenvalue weighted by Gasteiger charge is 2.14. The first kappa shape index (κ1) is 23.8. The van der Waals surface area contributed by atoms with E-state index in [2.05, 4.69) is 9.93 Å². The van der Waals surface area contributed by atoms with Gasteiger partial charge in [-0.05, 0) is 73.0 Å². The molecule has 0 heterocycles. The highest BCUT2D eigenvalue weighted by atomic mass is 32.2. The van der Waals surface area contributed by atoms with E-state index in [0.29, 0.717) is 22.6 Å². The number of carbonyl (C=O) groups excluding carboxylic acids is 1. The second-order valence-corrected chi connectivity index (χ2v) is 8.98. The van der Waals surface area contributed by atoms with E-state index in [1.165, 1.54) is 19.4 Å². The summed E-state index contributed by atoms with van der Waals surface area (Å²) in [6.07, 6.45) is 1.39. The lowest BCUT2D eigenvalue weighted by Crippen LogP contribution is -2.18. The van der Waals surface area contributed by atoms with Gasteiger partial charge in [0.1, 0.15) is 18.1 Å². The maximum atomic E-state index is 12.5. The molecule has 3 aromatic rings. The highest BCUT2D eigenvalue weighted by molar-refractivity contribution is 7.89. The first-order chi connectivity index (χ1) is 15.7. The molecule has 8 nitrogen and oxygen atoms in total. The fraction of sp³-hybridized carbons (Fsp3) is 0.167. The molecule has 0 atom stereocenters. The van der Waals surface area contributed by atoms with Crippen molar-refractivity contribution in [3.8, 4) is 11.5 Å². The second-order valence-electron chi connectivity index (χ2n) is 7.32. The van der Waals surface area contributed by atoms with Gasteiger partial charge in [0.25, 0.3) is 15.9 Å². The molecule has 172 valence electrons.